The number of allylic oxidation sites excluding steroid dienone is 1. The zero-order valence-electron chi connectivity index (χ0n) is 6.59. The SMILES string of the molecule is CC1=CC(N)=NCC(C)C1. The summed E-state index contributed by atoms with van der Waals surface area (Å²) in [4.78, 5) is 4.17. The lowest BCUT2D eigenvalue weighted by atomic mass is 10.0. The third-order valence-corrected chi connectivity index (χ3v) is 1.65. The summed E-state index contributed by atoms with van der Waals surface area (Å²) in [7, 11) is 0. The molecule has 1 heterocycles. The number of hydrogen-bond acceptors (Lipinski definition) is 2. The van der Waals surface area contributed by atoms with Crippen molar-refractivity contribution in [1.29, 1.82) is 0 Å². The maximum atomic E-state index is 5.56. The average molecular weight is 138 g/mol. The molecule has 10 heavy (non-hydrogen) atoms. The van der Waals surface area contributed by atoms with Crippen molar-refractivity contribution in [3.05, 3.63) is 11.6 Å². The van der Waals surface area contributed by atoms with Crippen LogP contribution in [-0.4, -0.2) is 12.4 Å². The highest BCUT2D eigenvalue weighted by Gasteiger charge is 2.05. The topological polar surface area (TPSA) is 38.4 Å². The van der Waals surface area contributed by atoms with E-state index in [1.165, 1.54) is 5.57 Å². The van der Waals surface area contributed by atoms with E-state index in [1.807, 2.05) is 6.08 Å². The lowest BCUT2D eigenvalue weighted by Crippen LogP contribution is -2.08. The lowest BCUT2D eigenvalue weighted by Gasteiger charge is -2.03. The Balaban J connectivity index is 2.71. The monoisotopic (exact) mass is 138 g/mol. The summed E-state index contributed by atoms with van der Waals surface area (Å²) >= 11 is 0. The van der Waals surface area contributed by atoms with E-state index in [0.717, 1.165) is 13.0 Å². The summed E-state index contributed by atoms with van der Waals surface area (Å²) in [5, 5.41) is 0. The number of hydrogen-bond donors (Lipinski definition) is 1. The molecule has 0 aromatic carbocycles. The van der Waals surface area contributed by atoms with Gasteiger partial charge in [-0.3, -0.25) is 4.99 Å². The highest BCUT2D eigenvalue weighted by Crippen LogP contribution is 2.13. The van der Waals surface area contributed by atoms with Crippen LogP contribution in [0.3, 0.4) is 0 Å². The number of rotatable bonds is 0. The summed E-state index contributed by atoms with van der Waals surface area (Å²) < 4.78 is 0. The summed E-state index contributed by atoms with van der Waals surface area (Å²) in [6, 6.07) is 0. The van der Waals surface area contributed by atoms with Gasteiger partial charge in [0.25, 0.3) is 0 Å². The van der Waals surface area contributed by atoms with Crippen LogP contribution in [0.5, 0.6) is 0 Å². The first-order valence-electron chi connectivity index (χ1n) is 3.65. The van der Waals surface area contributed by atoms with Crippen molar-refractivity contribution in [3.8, 4) is 0 Å². The normalized spacial score (nSPS) is 26.8. The summed E-state index contributed by atoms with van der Waals surface area (Å²) in [5.74, 6) is 1.33. The molecule has 2 heteroatoms. The minimum absolute atomic E-state index is 0.650. The Bertz CT molecular complexity index is 180. The molecule has 1 rings (SSSR count). The van der Waals surface area contributed by atoms with E-state index in [4.69, 9.17) is 5.73 Å². The van der Waals surface area contributed by atoms with E-state index >= 15 is 0 Å². The van der Waals surface area contributed by atoms with Gasteiger partial charge in [-0.15, -0.1) is 0 Å². The minimum Gasteiger partial charge on any atom is -0.384 e. The zero-order chi connectivity index (χ0) is 7.56. The Morgan fingerprint density at radius 2 is 2.40 bits per heavy atom. The van der Waals surface area contributed by atoms with Gasteiger partial charge in [-0.2, -0.15) is 0 Å². The predicted molar refractivity (Wildman–Crippen MR) is 44.0 cm³/mol. The molecular formula is C8H14N2. The van der Waals surface area contributed by atoms with Crippen molar-refractivity contribution >= 4 is 5.84 Å². The fourth-order valence-electron chi connectivity index (χ4n) is 1.23. The predicted octanol–water partition coefficient (Wildman–Crippen LogP) is 1.33. The molecule has 1 aliphatic heterocycles. The van der Waals surface area contributed by atoms with E-state index in [9.17, 15) is 0 Å². The van der Waals surface area contributed by atoms with Crippen LogP contribution in [0.1, 0.15) is 20.3 Å². The second-order valence-electron chi connectivity index (χ2n) is 3.07. The summed E-state index contributed by atoms with van der Waals surface area (Å²) in [6.45, 7) is 5.17. The van der Waals surface area contributed by atoms with E-state index < -0.39 is 0 Å². The Morgan fingerprint density at radius 3 is 3.10 bits per heavy atom. The fraction of sp³-hybridized carbons (Fsp3) is 0.625. The maximum absolute atomic E-state index is 5.56. The Morgan fingerprint density at radius 1 is 1.70 bits per heavy atom. The molecule has 56 valence electrons. The molecule has 0 spiro atoms. The molecule has 0 aromatic rings. The van der Waals surface area contributed by atoms with Gasteiger partial charge >= 0.3 is 0 Å². The van der Waals surface area contributed by atoms with E-state index in [2.05, 4.69) is 18.8 Å². The van der Waals surface area contributed by atoms with E-state index in [0.29, 0.717) is 11.8 Å². The van der Waals surface area contributed by atoms with Gasteiger partial charge < -0.3 is 5.73 Å². The third-order valence-electron chi connectivity index (χ3n) is 1.65. The molecule has 0 saturated heterocycles. The second-order valence-corrected chi connectivity index (χ2v) is 3.07. The van der Waals surface area contributed by atoms with Crippen LogP contribution in [0, 0.1) is 5.92 Å². The molecule has 1 unspecified atom stereocenters. The molecule has 0 bridgehead atoms. The molecule has 0 aromatic heterocycles. The molecule has 1 aliphatic rings. The van der Waals surface area contributed by atoms with Gasteiger partial charge in [-0.1, -0.05) is 12.5 Å². The molecule has 0 radical (unpaired) electrons. The largest absolute Gasteiger partial charge is 0.384 e. The molecule has 0 aliphatic carbocycles. The van der Waals surface area contributed by atoms with Crippen molar-refractivity contribution in [3.63, 3.8) is 0 Å². The van der Waals surface area contributed by atoms with E-state index in [1.54, 1.807) is 0 Å². The van der Waals surface area contributed by atoms with Crippen LogP contribution in [0.25, 0.3) is 0 Å². The van der Waals surface area contributed by atoms with E-state index in [-0.39, 0.29) is 0 Å². The van der Waals surface area contributed by atoms with Gasteiger partial charge in [-0.05, 0) is 25.3 Å². The van der Waals surface area contributed by atoms with Crippen LogP contribution in [0.4, 0.5) is 0 Å². The van der Waals surface area contributed by atoms with Crippen LogP contribution >= 0.6 is 0 Å². The smallest absolute Gasteiger partial charge is 0.118 e. The molecule has 0 fully saturated rings. The van der Waals surface area contributed by atoms with Crippen molar-refractivity contribution in [1.82, 2.24) is 0 Å². The van der Waals surface area contributed by atoms with Crippen molar-refractivity contribution in [2.24, 2.45) is 16.6 Å². The average Bonchev–Trinajstić information content (AvgIpc) is 1.93. The first-order chi connectivity index (χ1) is 4.68. The number of nitrogens with two attached hydrogens (primary N) is 1. The lowest BCUT2D eigenvalue weighted by molar-refractivity contribution is 0.596. The highest BCUT2D eigenvalue weighted by atomic mass is 14.8. The quantitative estimate of drug-likeness (QED) is 0.539. The summed E-state index contributed by atoms with van der Waals surface area (Å²) in [5.41, 5.74) is 6.90. The Hall–Kier alpha value is -0.790. The Kier molecular flexibility index (Phi) is 2.10. The first-order valence-corrected chi connectivity index (χ1v) is 3.65. The number of aliphatic imine (C=N–C) groups is 1. The van der Waals surface area contributed by atoms with Crippen molar-refractivity contribution < 1.29 is 0 Å². The minimum atomic E-state index is 0.650. The van der Waals surface area contributed by atoms with Crippen LogP contribution < -0.4 is 5.73 Å². The van der Waals surface area contributed by atoms with Gasteiger partial charge in [-0.25, -0.2) is 0 Å². The maximum Gasteiger partial charge on any atom is 0.118 e. The first kappa shape index (κ1) is 7.32. The fourth-order valence-corrected chi connectivity index (χ4v) is 1.23. The van der Waals surface area contributed by atoms with Gasteiger partial charge in [0.2, 0.25) is 0 Å². The molecular weight excluding hydrogens is 124 g/mol. The van der Waals surface area contributed by atoms with Crippen LogP contribution in [0.15, 0.2) is 16.6 Å². The number of amidine groups is 1. The van der Waals surface area contributed by atoms with Crippen molar-refractivity contribution in [2.45, 2.75) is 20.3 Å². The summed E-state index contributed by atoms with van der Waals surface area (Å²) in [6.07, 6.45) is 3.09. The van der Waals surface area contributed by atoms with Gasteiger partial charge in [0.15, 0.2) is 0 Å². The van der Waals surface area contributed by atoms with Gasteiger partial charge in [0, 0.05) is 6.54 Å². The Labute approximate surface area is 61.8 Å². The standard InChI is InChI=1S/C8H14N2/c1-6-3-7(2)5-10-8(9)4-6/h4,7H,3,5H2,1-2H3,(H2,9,10). The van der Waals surface area contributed by atoms with Crippen LogP contribution in [0.2, 0.25) is 0 Å². The molecule has 2 nitrogen and oxygen atoms in total. The second kappa shape index (κ2) is 2.86. The van der Waals surface area contributed by atoms with Gasteiger partial charge in [0.1, 0.15) is 5.84 Å². The van der Waals surface area contributed by atoms with Crippen LogP contribution in [-0.2, 0) is 0 Å². The highest BCUT2D eigenvalue weighted by molar-refractivity contribution is 5.92. The third kappa shape index (κ3) is 1.87. The molecule has 2 N–H and O–H groups in total. The van der Waals surface area contributed by atoms with Gasteiger partial charge in [0.05, 0.1) is 0 Å². The van der Waals surface area contributed by atoms with Crippen molar-refractivity contribution in [2.75, 3.05) is 6.54 Å². The molecule has 1 atom stereocenters. The molecule has 0 amide bonds. The zero-order valence-corrected chi connectivity index (χ0v) is 6.59. The number of nitrogens with zero attached hydrogens (tertiary/aromatic N) is 1. The molecule has 0 saturated carbocycles.